The molecule has 0 radical (unpaired) electrons. The van der Waals surface area contributed by atoms with E-state index < -0.39 is 0 Å². The fraction of sp³-hybridized carbons (Fsp3) is 0.650. The van der Waals surface area contributed by atoms with Crippen LogP contribution in [0.4, 0.5) is 0 Å². The fourth-order valence-corrected chi connectivity index (χ4v) is 4.25. The predicted octanol–water partition coefficient (Wildman–Crippen LogP) is 4.36. The molecule has 1 aromatic carbocycles. The smallest absolute Gasteiger partial charge is 0.256 e. The SMILES string of the molecule is CCCCN[C@@H]1c2ccccc2C(=O)N1[C@@H]1CCC[C@@H](C)[C@H]1C. The highest BCUT2D eigenvalue weighted by Crippen LogP contribution is 2.41. The van der Waals surface area contributed by atoms with Gasteiger partial charge in [0.15, 0.2) is 0 Å². The lowest BCUT2D eigenvalue weighted by Gasteiger charge is -2.42. The number of nitrogens with zero attached hydrogens (tertiary/aromatic N) is 1. The predicted molar refractivity (Wildman–Crippen MR) is 94.2 cm³/mol. The van der Waals surface area contributed by atoms with Crippen LogP contribution in [0.25, 0.3) is 0 Å². The molecule has 1 fully saturated rings. The van der Waals surface area contributed by atoms with E-state index in [1.165, 1.54) is 24.8 Å². The molecule has 0 aromatic heterocycles. The van der Waals surface area contributed by atoms with E-state index in [2.05, 4.69) is 43.1 Å². The summed E-state index contributed by atoms with van der Waals surface area (Å²) in [4.78, 5) is 15.2. The van der Waals surface area contributed by atoms with Gasteiger partial charge in [-0.25, -0.2) is 0 Å². The van der Waals surface area contributed by atoms with Crippen molar-refractivity contribution in [3.63, 3.8) is 0 Å². The molecule has 23 heavy (non-hydrogen) atoms. The Morgan fingerprint density at radius 2 is 2.00 bits per heavy atom. The maximum Gasteiger partial charge on any atom is 0.256 e. The Bertz CT molecular complexity index is 556. The third-order valence-corrected chi connectivity index (χ3v) is 5.89. The lowest BCUT2D eigenvalue weighted by Crippen LogP contribution is -2.49. The Hall–Kier alpha value is -1.35. The summed E-state index contributed by atoms with van der Waals surface area (Å²) in [7, 11) is 0. The minimum Gasteiger partial charge on any atom is -0.316 e. The van der Waals surface area contributed by atoms with Crippen LogP contribution in [0, 0.1) is 11.8 Å². The highest BCUT2D eigenvalue weighted by molar-refractivity contribution is 5.99. The number of unbranched alkanes of at least 4 members (excludes halogenated alkanes) is 1. The number of nitrogens with one attached hydrogen (secondary N) is 1. The van der Waals surface area contributed by atoms with Gasteiger partial charge in [-0.3, -0.25) is 10.1 Å². The molecule has 0 saturated heterocycles. The fourth-order valence-electron chi connectivity index (χ4n) is 4.25. The Morgan fingerprint density at radius 3 is 2.78 bits per heavy atom. The maximum absolute atomic E-state index is 13.1. The van der Waals surface area contributed by atoms with E-state index in [9.17, 15) is 4.79 Å². The molecule has 0 bridgehead atoms. The van der Waals surface area contributed by atoms with Gasteiger partial charge in [0, 0.05) is 17.2 Å². The zero-order valence-electron chi connectivity index (χ0n) is 14.7. The average Bonchev–Trinajstić information content (AvgIpc) is 2.84. The molecule has 1 aliphatic carbocycles. The van der Waals surface area contributed by atoms with E-state index in [0.29, 0.717) is 17.9 Å². The maximum atomic E-state index is 13.1. The molecule has 1 saturated carbocycles. The quantitative estimate of drug-likeness (QED) is 0.819. The van der Waals surface area contributed by atoms with Crippen molar-refractivity contribution in [2.45, 2.75) is 65.1 Å². The summed E-state index contributed by atoms with van der Waals surface area (Å²) in [6.45, 7) is 7.84. The van der Waals surface area contributed by atoms with Gasteiger partial charge in [0.2, 0.25) is 0 Å². The number of carbonyl (C=O) groups is 1. The Morgan fingerprint density at radius 1 is 1.22 bits per heavy atom. The lowest BCUT2D eigenvalue weighted by atomic mass is 9.77. The van der Waals surface area contributed by atoms with Crippen molar-refractivity contribution in [2.75, 3.05) is 6.54 Å². The highest BCUT2D eigenvalue weighted by Gasteiger charge is 2.43. The van der Waals surface area contributed by atoms with Crippen molar-refractivity contribution >= 4 is 5.91 Å². The molecule has 1 aromatic rings. The zero-order chi connectivity index (χ0) is 16.4. The molecule has 3 nitrogen and oxygen atoms in total. The largest absolute Gasteiger partial charge is 0.316 e. The van der Waals surface area contributed by atoms with Crippen LogP contribution in [0.2, 0.25) is 0 Å². The monoisotopic (exact) mass is 314 g/mol. The topological polar surface area (TPSA) is 32.3 Å². The molecule has 4 atom stereocenters. The van der Waals surface area contributed by atoms with Crippen LogP contribution < -0.4 is 5.32 Å². The molecular formula is C20H30N2O. The minimum absolute atomic E-state index is 0.0583. The van der Waals surface area contributed by atoms with Gasteiger partial charge in [-0.15, -0.1) is 0 Å². The molecule has 0 unspecified atom stereocenters. The van der Waals surface area contributed by atoms with E-state index in [1.807, 2.05) is 12.1 Å². The first-order valence-corrected chi connectivity index (χ1v) is 9.30. The van der Waals surface area contributed by atoms with Crippen LogP contribution in [0.3, 0.4) is 0 Å². The Labute approximate surface area is 140 Å². The van der Waals surface area contributed by atoms with E-state index in [4.69, 9.17) is 0 Å². The summed E-state index contributed by atoms with van der Waals surface area (Å²) in [5, 5.41) is 3.66. The first kappa shape index (κ1) is 16.5. The van der Waals surface area contributed by atoms with Crippen molar-refractivity contribution in [1.29, 1.82) is 0 Å². The number of rotatable bonds is 5. The Kier molecular flexibility index (Phi) is 5.05. The van der Waals surface area contributed by atoms with Crippen LogP contribution in [-0.4, -0.2) is 23.4 Å². The Balaban J connectivity index is 1.89. The van der Waals surface area contributed by atoms with Gasteiger partial charge in [-0.2, -0.15) is 0 Å². The van der Waals surface area contributed by atoms with Crippen LogP contribution in [0.1, 0.15) is 75.0 Å². The third-order valence-electron chi connectivity index (χ3n) is 5.89. The first-order chi connectivity index (χ1) is 11.1. The third kappa shape index (κ3) is 3.03. The standard InChI is InChI=1S/C20H30N2O/c1-4-5-13-21-19-16-10-6-7-11-17(16)20(23)22(19)18-12-8-9-14(2)15(18)3/h6-7,10-11,14-15,18-19,21H,4-5,8-9,12-13H2,1-3H3/t14-,15-,18-,19+/m1/s1. The molecule has 0 spiro atoms. The van der Waals surface area contributed by atoms with E-state index in [1.54, 1.807) is 0 Å². The molecule has 1 amide bonds. The van der Waals surface area contributed by atoms with Crippen molar-refractivity contribution in [2.24, 2.45) is 11.8 Å². The molecule has 1 N–H and O–H groups in total. The van der Waals surface area contributed by atoms with Gasteiger partial charge in [-0.1, -0.05) is 58.2 Å². The van der Waals surface area contributed by atoms with Gasteiger partial charge in [-0.05, 0) is 37.3 Å². The van der Waals surface area contributed by atoms with Crippen LogP contribution in [0.5, 0.6) is 0 Å². The molecule has 3 heteroatoms. The molecule has 3 rings (SSSR count). The van der Waals surface area contributed by atoms with Crippen molar-refractivity contribution in [3.05, 3.63) is 35.4 Å². The van der Waals surface area contributed by atoms with E-state index in [0.717, 1.165) is 24.9 Å². The second-order valence-corrected chi connectivity index (χ2v) is 7.34. The summed E-state index contributed by atoms with van der Waals surface area (Å²) in [5.41, 5.74) is 2.06. The summed E-state index contributed by atoms with van der Waals surface area (Å²) in [6.07, 6.45) is 6.04. The number of hydrogen-bond donors (Lipinski definition) is 1. The minimum atomic E-state index is 0.0583. The second kappa shape index (κ2) is 7.04. The van der Waals surface area contributed by atoms with E-state index in [-0.39, 0.29) is 12.1 Å². The summed E-state index contributed by atoms with van der Waals surface area (Å²) < 4.78 is 0. The molecule has 126 valence electrons. The molecule has 1 aliphatic heterocycles. The van der Waals surface area contributed by atoms with E-state index >= 15 is 0 Å². The van der Waals surface area contributed by atoms with Gasteiger partial charge in [0.1, 0.15) is 6.17 Å². The average molecular weight is 314 g/mol. The van der Waals surface area contributed by atoms with Gasteiger partial charge < -0.3 is 4.90 Å². The highest BCUT2D eigenvalue weighted by atomic mass is 16.2. The van der Waals surface area contributed by atoms with Gasteiger partial charge in [0.05, 0.1) is 0 Å². The number of carbonyl (C=O) groups excluding carboxylic acids is 1. The van der Waals surface area contributed by atoms with Crippen LogP contribution in [0.15, 0.2) is 24.3 Å². The lowest BCUT2D eigenvalue weighted by molar-refractivity contribution is 0.0321. The van der Waals surface area contributed by atoms with Crippen molar-refractivity contribution < 1.29 is 4.79 Å². The number of amides is 1. The first-order valence-electron chi connectivity index (χ1n) is 9.30. The van der Waals surface area contributed by atoms with Gasteiger partial charge >= 0.3 is 0 Å². The summed E-state index contributed by atoms with van der Waals surface area (Å²) >= 11 is 0. The zero-order valence-corrected chi connectivity index (χ0v) is 14.7. The van der Waals surface area contributed by atoms with Crippen LogP contribution >= 0.6 is 0 Å². The summed E-state index contributed by atoms with van der Waals surface area (Å²) in [5.74, 6) is 1.49. The number of hydrogen-bond acceptors (Lipinski definition) is 2. The molecular weight excluding hydrogens is 284 g/mol. The van der Waals surface area contributed by atoms with Gasteiger partial charge in [0.25, 0.3) is 5.91 Å². The summed E-state index contributed by atoms with van der Waals surface area (Å²) in [6, 6.07) is 8.50. The van der Waals surface area contributed by atoms with Crippen molar-refractivity contribution in [1.82, 2.24) is 10.2 Å². The molecule has 1 heterocycles. The second-order valence-electron chi connectivity index (χ2n) is 7.34. The normalized spacial score (nSPS) is 30.6. The van der Waals surface area contributed by atoms with Crippen molar-refractivity contribution in [3.8, 4) is 0 Å². The molecule has 2 aliphatic rings. The number of benzene rings is 1. The number of fused-ring (bicyclic) bond motifs is 1. The van der Waals surface area contributed by atoms with Crippen LogP contribution in [-0.2, 0) is 0 Å².